The predicted molar refractivity (Wildman–Crippen MR) is 45.7 cm³/mol. The Kier molecular flexibility index (Phi) is 2.93. The lowest BCUT2D eigenvalue weighted by atomic mass is 10.0. The lowest BCUT2D eigenvalue weighted by Gasteiger charge is -2.07. The molecule has 0 unspecified atom stereocenters. The van der Waals surface area contributed by atoms with Gasteiger partial charge in [-0.15, -0.1) is 0 Å². The highest BCUT2D eigenvalue weighted by atomic mass is 19.2. The molecule has 0 radical (unpaired) electrons. The highest BCUT2D eigenvalue weighted by molar-refractivity contribution is 5.95. The Bertz CT molecular complexity index is 385. The van der Waals surface area contributed by atoms with Crippen LogP contribution < -0.4 is 0 Å². The minimum absolute atomic E-state index is 0.0728. The Morgan fingerprint density at radius 2 is 1.86 bits per heavy atom. The fourth-order valence-corrected chi connectivity index (χ4v) is 1.35. The number of carbonyl (C=O) groups excluding carboxylic acids is 1. The highest BCUT2D eigenvalue weighted by Gasteiger charge is 2.20. The van der Waals surface area contributed by atoms with E-state index in [2.05, 4.69) is 0 Å². The van der Waals surface area contributed by atoms with Gasteiger partial charge in [0.15, 0.2) is 17.4 Å². The summed E-state index contributed by atoms with van der Waals surface area (Å²) in [5, 5.41) is 0. The van der Waals surface area contributed by atoms with Gasteiger partial charge in [0.2, 0.25) is 0 Å². The van der Waals surface area contributed by atoms with Crippen molar-refractivity contribution in [3.05, 3.63) is 34.6 Å². The third-order valence-corrected chi connectivity index (χ3v) is 1.98. The summed E-state index contributed by atoms with van der Waals surface area (Å²) in [6, 6.07) is 0.459. The van der Waals surface area contributed by atoms with Crippen LogP contribution in [0.3, 0.4) is 0 Å². The summed E-state index contributed by atoms with van der Waals surface area (Å²) >= 11 is 0. The van der Waals surface area contributed by atoms with Crippen molar-refractivity contribution >= 4 is 5.78 Å². The first-order valence-electron chi connectivity index (χ1n) is 4.16. The highest BCUT2D eigenvalue weighted by Crippen LogP contribution is 2.21. The summed E-state index contributed by atoms with van der Waals surface area (Å²) in [5.74, 6) is -4.14. The van der Waals surface area contributed by atoms with Gasteiger partial charge in [0.05, 0.1) is 5.56 Å². The minimum atomic E-state index is -1.33. The summed E-state index contributed by atoms with van der Waals surface area (Å²) in [4.78, 5) is 11.0. The molecular weight excluding hydrogens is 193 g/mol. The average molecular weight is 202 g/mol. The van der Waals surface area contributed by atoms with E-state index in [1.54, 1.807) is 6.92 Å². The van der Waals surface area contributed by atoms with Crippen molar-refractivity contribution in [3.63, 3.8) is 0 Å². The second kappa shape index (κ2) is 3.82. The van der Waals surface area contributed by atoms with Crippen molar-refractivity contribution in [1.29, 1.82) is 0 Å². The van der Waals surface area contributed by atoms with Crippen LogP contribution in [0.5, 0.6) is 0 Å². The number of benzene rings is 1. The molecule has 0 bridgehead atoms. The molecule has 76 valence electrons. The zero-order valence-corrected chi connectivity index (χ0v) is 7.83. The number of hydrogen-bond donors (Lipinski definition) is 0. The molecule has 0 heterocycles. The van der Waals surface area contributed by atoms with Gasteiger partial charge in [-0.05, 0) is 13.3 Å². The molecule has 0 aliphatic rings. The summed E-state index contributed by atoms with van der Waals surface area (Å²) in [6.45, 7) is 2.65. The van der Waals surface area contributed by atoms with Crippen molar-refractivity contribution in [3.8, 4) is 0 Å². The van der Waals surface area contributed by atoms with Crippen molar-refractivity contribution < 1.29 is 18.0 Å². The van der Waals surface area contributed by atoms with Gasteiger partial charge in [0.25, 0.3) is 0 Å². The molecule has 0 saturated carbocycles. The van der Waals surface area contributed by atoms with Crippen LogP contribution in [-0.2, 0) is 6.42 Å². The molecule has 4 heteroatoms. The maximum atomic E-state index is 13.1. The molecule has 0 N–H and O–H groups in total. The van der Waals surface area contributed by atoms with Crippen LogP contribution in [0.25, 0.3) is 0 Å². The lowest BCUT2D eigenvalue weighted by Crippen LogP contribution is -2.08. The van der Waals surface area contributed by atoms with Gasteiger partial charge in [0, 0.05) is 11.6 Å². The molecule has 0 aromatic heterocycles. The Balaban J connectivity index is 3.56. The number of halogens is 3. The van der Waals surface area contributed by atoms with Crippen molar-refractivity contribution in [2.75, 3.05) is 0 Å². The molecule has 0 fully saturated rings. The first-order chi connectivity index (χ1) is 6.49. The molecule has 1 rings (SSSR count). The Morgan fingerprint density at radius 3 is 2.29 bits per heavy atom. The first kappa shape index (κ1) is 10.8. The maximum Gasteiger partial charge on any atom is 0.170 e. The number of ketones is 1. The molecule has 0 atom stereocenters. The zero-order valence-electron chi connectivity index (χ0n) is 7.83. The molecule has 1 aromatic rings. The molecule has 0 aliphatic heterocycles. The third kappa shape index (κ3) is 1.64. The van der Waals surface area contributed by atoms with Crippen LogP contribution in [0, 0.1) is 17.5 Å². The fourth-order valence-electron chi connectivity index (χ4n) is 1.35. The van der Waals surface area contributed by atoms with Crippen LogP contribution in [-0.4, -0.2) is 5.78 Å². The topological polar surface area (TPSA) is 17.1 Å². The van der Waals surface area contributed by atoms with Gasteiger partial charge in [-0.1, -0.05) is 6.92 Å². The molecule has 1 nitrogen and oxygen atoms in total. The predicted octanol–water partition coefficient (Wildman–Crippen LogP) is 2.87. The summed E-state index contributed by atoms with van der Waals surface area (Å²) in [7, 11) is 0. The Morgan fingerprint density at radius 1 is 1.29 bits per heavy atom. The van der Waals surface area contributed by atoms with Crippen LogP contribution >= 0.6 is 0 Å². The largest absolute Gasteiger partial charge is 0.294 e. The van der Waals surface area contributed by atoms with Crippen molar-refractivity contribution in [2.45, 2.75) is 20.3 Å². The van der Waals surface area contributed by atoms with Gasteiger partial charge >= 0.3 is 0 Å². The van der Waals surface area contributed by atoms with Crippen LogP contribution in [0.4, 0.5) is 13.2 Å². The van der Waals surface area contributed by atoms with Gasteiger partial charge in [-0.2, -0.15) is 0 Å². The molecule has 0 amide bonds. The monoisotopic (exact) mass is 202 g/mol. The van der Waals surface area contributed by atoms with Gasteiger partial charge in [0.1, 0.15) is 5.82 Å². The number of Topliss-reactive ketones (excluding diaryl/α,β-unsaturated/α-hetero) is 1. The average Bonchev–Trinajstić information content (AvgIpc) is 2.10. The normalized spacial score (nSPS) is 10.4. The van der Waals surface area contributed by atoms with E-state index in [9.17, 15) is 18.0 Å². The Labute approximate surface area is 79.5 Å². The lowest BCUT2D eigenvalue weighted by molar-refractivity contribution is 0.101. The van der Waals surface area contributed by atoms with Gasteiger partial charge in [-0.25, -0.2) is 13.2 Å². The second-order valence-corrected chi connectivity index (χ2v) is 2.92. The van der Waals surface area contributed by atoms with Crippen LogP contribution in [0.15, 0.2) is 6.07 Å². The molecule has 1 aromatic carbocycles. The number of carbonyl (C=O) groups is 1. The van der Waals surface area contributed by atoms with Gasteiger partial charge in [-0.3, -0.25) is 4.79 Å². The number of hydrogen-bond acceptors (Lipinski definition) is 1. The van der Waals surface area contributed by atoms with E-state index in [1.165, 1.54) is 0 Å². The van der Waals surface area contributed by atoms with Crippen molar-refractivity contribution in [2.24, 2.45) is 0 Å². The molecule has 0 saturated heterocycles. The van der Waals surface area contributed by atoms with E-state index >= 15 is 0 Å². The maximum absolute atomic E-state index is 13.1. The van der Waals surface area contributed by atoms with Crippen LogP contribution in [0.1, 0.15) is 29.8 Å². The smallest absolute Gasteiger partial charge is 0.170 e. The minimum Gasteiger partial charge on any atom is -0.294 e. The van der Waals surface area contributed by atoms with E-state index < -0.39 is 28.8 Å². The van der Waals surface area contributed by atoms with E-state index in [4.69, 9.17) is 0 Å². The quantitative estimate of drug-likeness (QED) is 0.532. The summed E-state index contributed by atoms with van der Waals surface area (Å²) in [6.07, 6.45) is 0.151. The van der Waals surface area contributed by atoms with E-state index in [0.29, 0.717) is 6.07 Å². The number of rotatable bonds is 2. The third-order valence-electron chi connectivity index (χ3n) is 1.98. The van der Waals surface area contributed by atoms with Gasteiger partial charge < -0.3 is 0 Å². The van der Waals surface area contributed by atoms with E-state index in [1.807, 2.05) is 0 Å². The first-order valence-corrected chi connectivity index (χ1v) is 4.16. The second-order valence-electron chi connectivity index (χ2n) is 2.92. The summed E-state index contributed by atoms with van der Waals surface area (Å²) in [5.41, 5.74) is -0.554. The SMILES string of the molecule is CCc1c(F)cc(F)c(F)c1C(C)=O. The standard InChI is InChI=1S/C10H9F3O/c1-3-6-7(11)4-8(12)10(13)9(6)5(2)14/h4H,3H2,1-2H3. The molecule has 14 heavy (non-hydrogen) atoms. The van der Waals surface area contributed by atoms with Crippen LogP contribution in [0.2, 0.25) is 0 Å². The van der Waals surface area contributed by atoms with E-state index in [-0.39, 0.29) is 12.0 Å². The van der Waals surface area contributed by atoms with E-state index in [0.717, 1.165) is 6.92 Å². The molecule has 0 spiro atoms. The molecular formula is C10H9F3O. The summed E-state index contributed by atoms with van der Waals surface area (Å²) < 4.78 is 39.0. The zero-order chi connectivity index (χ0) is 10.9. The van der Waals surface area contributed by atoms with Crippen molar-refractivity contribution in [1.82, 2.24) is 0 Å². The molecule has 0 aliphatic carbocycles. The fraction of sp³-hybridized carbons (Fsp3) is 0.300. The Hall–Kier alpha value is -1.32.